The summed E-state index contributed by atoms with van der Waals surface area (Å²) in [5.41, 5.74) is 1.77. The lowest BCUT2D eigenvalue weighted by atomic mass is 10.1. The number of amides is 1. The van der Waals surface area contributed by atoms with Gasteiger partial charge in [-0.1, -0.05) is 0 Å². The van der Waals surface area contributed by atoms with Crippen LogP contribution in [0.3, 0.4) is 0 Å². The summed E-state index contributed by atoms with van der Waals surface area (Å²) in [6.07, 6.45) is 3.32. The van der Waals surface area contributed by atoms with Gasteiger partial charge in [0.05, 0.1) is 5.56 Å². The van der Waals surface area contributed by atoms with Crippen molar-refractivity contribution in [3.05, 3.63) is 59.2 Å². The van der Waals surface area contributed by atoms with Crippen LogP contribution < -0.4 is 5.32 Å². The van der Waals surface area contributed by atoms with Crippen LogP contribution in [0.4, 0.5) is 4.39 Å². The molecule has 2 aromatic rings. The number of nitrogens with one attached hydrogen (secondary N) is 1. The Balaban J connectivity index is 2.08. The van der Waals surface area contributed by atoms with Crippen LogP contribution in [0, 0.1) is 12.7 Å². The van der Waals surface area contributed by atoms with Gasteiger partial charge in [0.15, 0.2) is 0 Å². The fourth-order valence-corrected chi connectivity index (χ4v) is 1.64. The Hall–Kier alpha value is -2.43. The van der Waals surface area contributed by atoms with E-state index in [1.54, 1.807) is 12.4 Å². The molecule has 98 valence electrons. The van der Waals surface area contributed by atoms with Crippen molar-refractivity contribution >= 4 is 5.91 Å². The van der Waals surface area contributed by atoms with Gasteiger partial charge in [-0.3, -0.25) is 9.78 Å². The van der Waals surface area contributed by atoms with E-state index in [-0.39, 0.29) is 17.9 Å². The SMILES string of the molecule is Cc1ccncc1CNC(=O)c1ccc(O)cc1F. The number of phenols is 1. The van der Waals surface area contributed by atoms with E-state index in [0.29, 0.717) is 0 Å². The Bertz CT molecular complexity index is 614. The second kappa shape index (κ2) is 5.48. The highest BCUT2D eigenvalue weighted by Crippen LogP contribution is 2.15. The summed E-state index contributed by atoms with van der Waals surface area (Å²) >= 11 is 0. The molecule has 0 aliphatic rings. The Morgan fingerprint density at radius 3 is 2.89 bits per heavy atom. The number of hydrogen-bond donors (Lipinski definition) is 2. The summed E-state index contributed by atoms with van der Waals surface area (Å²) in [6.45, 7) is 2.18. The first-order valence-corrected chi connectivity index (χ1v) is 5.74. The molecule has 1 heterocycles. The molecule has 1 aromatic carbocycles. The number of aromatic nitrogens is 1. The number of carbonyl (C=O) groups excluding carboxylic acids is 1. The minimum atomic E-state index is -0.750. The lowest BCUT2D eigenvalue weighted by Crippen LogP contribution is -2.24. The van der Waals surface area contributed by atoms with Crippen LogP contribution in [0.2, 0.25) is 0 Å². The maximum absolute atomic E-state index is 13.5. The van der Waals surface area contributed by atoms with Crippen molar-refractivity contribution in [2.45, 2.75) is 13.5 Å². The van der Waals surface area contributed by atoms with Gasteiger partial charge in [-0.25, -0.2) is 4.39 Å². The topological polar surface area (TPSA) is 62.2 Å². The van der Waals surface area contributed by atoms with Crippen LogP contribution in [-0.2, 0) is 6.54 Å². The average molecular weight is 260 g/mol. The molecule has 0 aliphatic heterocycles. The normalized spacial score (nSPS) is 10.2. The molecule has 0 saturated carbocycles. The number of aryl methyl sites for hydroxylation is 1. The summed E-state index contributed by atoms with van der Waals surface area (Å²) in [4.78, 5) is 15.8. The lowest BCUT2D eigenvalue weighted by Gasteiger charge is -2.08. The van der Waals surface area contributed by atoms with Crippen molar-refractivity contribution in [1.29, 1.82) is 0 Å². The highest BCUT2D eigenvalue weighted by molar-refractivity contribution is 5.94. The van der Waals surface area contributed by atoms with E-state index >= 15 is 0 Å². The minimum Gasteiger partial charge on any atom is -0.508 e. The molecular weight excluding hydrogens is 247 g/mol. The third kappa shape index (κ3) is 3.07. The molecule has 0 atom stereocenters. The Kier molecular flexibility index (Phi) is 3.75. The predicted octanol–water partition coefficient (Wildman–Crippen LogP) is 2.16. The lowest BCUT2D eigenvalue weighted by molar-refractivity contribution is 0.0947. The predicted molar refractivity (Wildman–Crippen MR) is 68.2 cm³/mol. The van der Waals surface area contributed by atoms with Gasteiger partial charge >= 0.3 is 0 Å². The third-order valence-electron chi connectivity index (χ3n) is 2.78. The molecule has 4 nitrogen and oxygen atoms in total. The van der Waals surface area contributed by atoms with Gasteiger partial charge in [-0.2, -0.15) is 0 Å². The highest BCUT2D eigenvalue weighted by Gasteiger charge is 2.12. The Morgan fingerprint density at radius 2 is 2.21 bits per heavy atom. The van der Waals surface area contributed by atoms with E-state index in [1.165, 1.54) is 12.1 Å². The summed E-state index contributed by atoms with van der Waals surface area (Å²) in [5, 5.41) is 11.7. The number of carbonyl (C=O) groups is 1. The van der Waals surface area contributed by atoms with Gasteiger partial charge in [0, 0.05) is 25.0 Å². The largest absolute Gasteiger partial charge is 0.508 e. The second-order valence-electron chi connectivity index (χ2n) is 4.15. The number of halogens is 1. The molecule has 0 unspecified atom stereocenters. The van der Waals surface area contributed by atoms with E-state index in [1.807, 2.05) is 13.0 Å². The van der Waals surface area contributed by atoms with Crippen LogP contribution in [0.5, 0.6) is 5.75 Å². The summed E-state index contributed by atoms with van der Waals surface area (Å²) in [7, 11) is 0. The first kappa shape index (κ1) is 13.0. The van der Waals surface area contributed by atoms with Gasteiger partial charge in [0.25, 0.3) is 5.91 Å². The van der Waals surface area contributed by atoms with E-state index < -0.39 is 11.7 Å². The molecule has 1 amide bonds. The highest BCUT2D eigenvalue weighted by atomic mass is 19.1. The van der Waals surface area contributed by atoms with E-state index in [9.17, 15) is 9.18 Å². The van der Waals surface area contributed by atoms with Crippen LogP contribution >= 0.6 is 0 Å². The van der Waals surface area contributed by atoms with Gasteiger partial charge in [0.1, 0.15) is 11.6 Å². The number of aromatic hydroxyl groups is 1. The molecule has 1 aromatic heterocycles. The molecule has 0 spiro atoms. The van der Waals surface area contributed by atoms with Gasteiger partial charge in [-0.05, 0) is 36.2 Å². The molecule has 0 radical (unpaired) electrons. The van der Waals surface area contributed by atoms with E-state index in [0.717, 1.165) is 17.2 Å². The number of benzene rings is 1. The summed E-state index contributed by atoms with van der Waals surface area (Å²) in [5.74, 6) is -1.49. The molecule has 2 N–H and O–H groups in total. The Labute approximate surface area is 109 Å². The molecule has 2 rings (SSSR count). The number of pyridine rings is 1. The van der Waals surface area contributed by atoms with Crippen LogP contribution in [-0.4, -0.2) is 16.0 Å². The Morgan fingerprint density at radius 1 is 1.42 bits per heavy atom. The monoisotopic (exact) mass is 260 g/mol. The van der Waals surface area contributed by atoms with Gasteiger partial charge in [0.2, 0.25) is 0 Å². The van der Waals surface area contributed by atoms with Gasteiger partial charge < -0.3 is 10.4 Å². The molecule has 19 heavy (non-hydrogen) atoms. The standard InChI is InChI=1S/C14H13FN2O2/c1-9-4-5-16-7-10(9)8-17-14(19)12-3-2-11(18)6-13(12)15/h2-7,18H,8H2,1H3,(H,17,19). The zero-order valence-corrected chi connectivity index (χ0v) is 10.4. The molecule has 0 bridgehead atoms. The molecule has 0 fully saturated rings. The molecule has 0 saturated heterocycles. The van der Waals surface area contributed by atoms with Crippen molar-refractivity contribution in [1.82, 2.24) is 10.3 Å². The van der Waals surface area contributed by atoms with Crippen molar-refractivity contribution in [3.8, 4) is 5.75 Å². The maximum Gasteiger partial charge on any atom is 0.254 e. The maximum atomic E-state index is 13.5. The number of nitrogens with zero attached hydrogens (tertiary/aromatic N) is 1. The first-order valence-electron chi connectivity index (χ1n) is 5.74. The zero-order chi connectivity index (χ0) is 13.8. The van der Waals surface area contributed by atoms with Crippen molar-refractivity contribution in [2.24, 2.45) is 0 Å². The van der Waals surface area contributed by atoms with Crippen LogP contribution in [0.1, 0.15) is 21.5 Å². The first-order chi connectivity index (χ1) is 9.08. The van der Waals surface area contributed by atoms with Crippen LogP contribution in [0.25, 0.3) is 0 Å². The molecule has 0 aliphatic carbocycles. The summed E-state index contributed by atoms with van der Waals surface area (Å²) < 4.78 is 13.5. The third-order valence-corrected chi connectivity index (χ3v) is 2.78. The minimum absolute atomic E-state index is 0.0978. The zero-order valence-electron chi connectivity index (χ0n) is 10.4. The van der Waals surface area contributed by atoms with Crippen molar-refractivity contribution in [3.63, 3.8) is 0 Å². The van der Waals surface area contributed by atoms with Crippen LogP contribution in [0.15, 0.2) is 36.7 Å². The summed E-state index contributed by atoms with van der Waals surface area (Å²) in [6, 6.07) is 5.26. The van der Waals surface area contributed by atoms with Crippen molar-refractivity contribution < 1.29 is 14.3 Å². The number of phenolic OH excluding ortho intramolecular Hbond substituents is 1. The number of rotatable bonds is 3. The fourth-order valence-electron chi connectivity index (χ4n) is 1.64. The van der Waals surface area contributed by atoms with Crippen molar-refractivity contribution in [2.75, 3.05) is 0 Å². The van der Waals surface area contributed by atoms with E-state index in [4.69, 9.17) is 5.11 Å². The van der Waals surface area contributed by atoms with E-state index in [2.05, 4.69) is 10.3 Å². The molecule has 5 heteroatoms. The smallest absolute Gasteiger partial charge is 0.254 e. The second-order valence-corrected chi connectivity index (χ2v) is 4.15. The quantitative estimate of drug-likeness (QED) is 0.889. The fraction of sp³-hybridized carbons (Fsp3) is 0.143. The average Bonchev–Trinajstić information content (AvgIpc) is 2.37. The number of hydrogen-bond acceptors (Lipinski definition) is 3. The molecular formula is C14H13FN2O2. The van der Waals surface area contributed by atoms with Gasteiger partial charge in [-0.15, -0.1) is 0 Å².